The van der Waals surface area contributed by atoms with E-state index in [4.69, 9.17) is 0 Å². The number of carbonyl (C=O) groups is 1. The van der Waals surface area contributed by atoms with Crippen LogP contribution in [0.2, 0.25) is 0 Å². The molecule has 0 radical (unpaired) electrons. The number of hydrogen-bond donors (Lipinski definition) is 3. The second kappa shape index (κ2) is 8.19. The average Bonchev–Trinajstić information content (AvgIpc) is 2.64. The molecule has 0 saturated carbocycles. The molecule has 3 aromatic rings. The van der Waals surface area contributed by atoms with Crippen molar-refractivity contribution in [3.63, 3.8) is 0 Å². The first kappa shape index (κ1) is 18.9. The number of carbonyl (C=O) groups excluding carboxylic acids is 1. The van der Waals surface area contributed by atoms with E-state index in [0.717, 1.165) is 0 Å². The number of benzene rings is 2. The molecule has 138 valence electrons. The van der Waals surface area contributed by atoms with E-state index < -0.39 is 16.1 Å². The highest BCUT2D eigenvalue weighted by Crippen LogP contribution is 2.24. The summed E-state index contributed by atoms with van der Waals surface area (Å²) in [5, 5.41) is 5.33. The quantitative estimate of drug-likeness (QED) is 0.543. The number of urea groups is 1. The Morgan fingerprint density at radius 1 is 0.815 bits per heavy atom. The molecule has 9 heteroatoms. The van der Waals surface area contributed by atoms with Crippen LogP contribution in [-0.4, -0.2) is 19.4 Å². The van der Waals surface area contributed by atoms with Crippen LogP contribution in [0.15, 0.2) is 82.4 Å². The average molecular weight is 447 g/mol. The Balaban J connectivity index is 1.65. The van der Waals surface area contributed by atoms with Crippen LogP contribution >= 0.6 is 15.9 Å². The molecule has 2 amide bonds. The van der Waals surface area contributed by atoms with E-state index in [1.54, 1.807) is 67.0 Å². The lowest BCUT2D eigenvalue weighted by molar-refractivity contribution is 0.262. The molecule has 0 atom stereocenters. The number of pyridine rings is 1. The van der Waals surface area contributed by atoms with Gasteiger partial charge >= 0.3 is 6.03 Å². The number of nitrogens with one attached hydrogen (secondary N) is 3. The van der Waals surface area contributed by atoms with Gasteiger partial charge < -0.3 is 10.6 Å². The van der Waals surface area contributed by atoms with E-state index >= 15 is 0 Å². The molecule has 0 fully saturated rings. The molecule has 0 aliphatic heterocycles. The Hall–Kier alpha value is -2.91. The molecule has 0 aliphatic rings. The lowest BCUT2D eigenvalue weighted by atomic mass is 10.3. The molecule has 2 aromatic carbocycles. The Bertz CT molecular complexity index is 1040. The fraction of sp³-hybridized carbons (Fsp3) is 0. The highest BCUT2D eigenvalue weighted by atomic mass is 79.9. The molecule has 3 N–H and O–H groups in total. The fourth-order valence-electron chi connectivity index (χ4n) is 2.22. The molecule has 0 bridgehead atoms. The Labute approximate surface area is 165 Å². The van der Waals surface area contributed by atoms with Crippen LogP contribution in [0.3, 0.4) is 0 Å². The van der Waals surface area contributed by atoms with Gasteiger partial charge in [-0.05, 0) is 64.5 Å². The summed E-state index contributed by atoms with van der Waals surface area (Å²) < 4.78 is 27.9. The van der Waals surface area contributed by atoms with Crippen molar-refractivity contribution >= 4 is 49.0 Å². The van der Waals surface area contributed by atoms with Crippen molar-refractivity contribution in [3.05, 3.63) is 77.5 Å². The van der Waals surface area contributed by atoms with Crippen molar-refractivity contribution in [1.82, 2.24) is 4.98 Å². The number of anilines is 3. The van der Waals surface area contributed by atoms with Crippen LogP contribution < -0.4 is 15.4 Å². The van der Waals surface area contributed by atoms with E-state index in [-0.39, 0.29) is 4.90 Å². The van der Waals surface area contributed by atoms with E-state index in [0.29, 0.717) is 21.5 Å². The van der Waals surface area contributed by atoms with Gasteiger partial charge in [-0.2, -0.15) is 0 Å². The molecule has 27 heavy (non-hydrogen) atoms. The summed E-state index contributed by atoms with van der Waals surface area (Å²) in [5.74, 6) is 0. The smallest absolute Gasteiger partial charge is 0.308 e. The summed E-state index contributed by atoms with van der Waals surface area (Å²) in [7, 11) is -3.72. The Kier molecular flexibility index (Phi) is 5.72. The lowest BCUT2D eigenvalue weighted by Gasteiger charge is -2.11. The van der Waals surface area contributed by atoms with Gasteiger partial charge in [0.1, 0.15) is 4.90 Å². The first-order valence-corrected chi connectivity index (χ1v) is 10.1. The second-order valence-electron chi connectivity index (χ2n) is 5.43. The maximum Gasteiger partial charge on any atom is 0.323 e. The Morgan fingerprint density at radius 3 is 2.00 bits per heavy atom. The van der Waals surface area contributed by atoms with Crippen LogP contribution in [-0.2, 0) is 10.0 Å². The van der Waals surface area contributed by atoms with Crippen LogP contribution in [0.5, 0.6) is 0 Å². The summed E-state index contributed by atoms with van der Waals surface area (Å²) in [6.07, 6.45) is 3.14. The van der Waals surface area contributed by atoms with E-state index in [9.17, 15) is 13.2 Å². The maximum atomic E-state index is 12.5. The first-order chi connectivity index (χ1) is 12.9. The summed E-state index contributed by atoms with van der Waals surface area (Å²) >= 11 is 3.23. The topological polar surface area (TPSA) is 100 Å². The molecular weight excluding hydrogens is 432 g/mol. The van der Waals surface area contributed by atoms with Gasteiger partial charge in [-0.1, -0.05) is 12.1 Å². The van der Waals surface area contributed by atoms with Crippen molar-refractivity contribution in [2.24, 2.45) is 0 Å². The molecule has 1 aromatic heterocycles. The molecular formula is C18H15BrN4O3S. The number of hydrogen-bond acceptors (Lipinski definition) is 4. The van der Waals surface area contributed by atoms with Crippen LogP contribution in [0, 0.1) is 0 Å². The minimum absolute atomic E-state index is 0.143. The van der Waals surface area contributed by atoms with E-state index in [2.05, 4.69) is 36.3 Å². The number of halogens is 1. The number of aromatic nitrogens is 1. The van der Waals surface area contributed by atoms with Gasteiger partial charge in [0.25, 0.3) is 10.0 Å². The molecule has 1 heterocycles. The minimum atomic E-state index is -3.72. The van der Waals surface area contributed by atoms with Gasteiger partial charge in [0, 0.05) is 33.9 Å². The van der Waals surface area contributed by atoms with Gasteiger partial charge in [0.15, 0.2) is 0 Å². The van der Waals surface area contributed by atoms with Crippen molar-refractivity contribution in [2.75, 3.05) is 15.4 Å². The van der Waals surface area contributed by atoms with Crippen LogP contribution in [0.4, 0.5) is 21.9 Å². The van der Waals surface area contributed by atoms with E-state index in [1.807, 2.05) is 0 Å². The van der Waals surface area contributed by atoms with Crippen molar-refractivity contribution in [2.45, 2.75) is 4.90 Å². The standard InChI is InChI=1S/C18H15BrN4O3S/c19-16-3-1-2-4-17(16)27(25,26)23-15-7-5-13(6-8-15)21-18(24)22-14-9-11-20-12-10-14/h1-12,23H,(H2,20,21,22,24). The first-order valence-electron chi connectivity index (χ1n) is 7.79. The van der Waals surface area contributed by atoms with E-state index in [1.165, 1.54) is 6.07 Å². The third-order valence-electron chi connectivity index (χ3n) is 3.46. The largest absolute Gasteiger partial charge is 0.323 e. The number of nitrogens with zero attached hydrogens (tertiary/aromatic N) is 1. The highest BCUT2D eigenvalue weighted by Gasteiger charge is 2.17. The summed E-state index contributed by atoms with van der Waals surface area (Å²) in [6.45, 7) is 0. The molecule has 7 nitrogen and oxygen atoms in total. The number of rotatable bonds is 5. The zero-order chi connectivity index (χ0) is 19.3. The monoisotopic (exact) mass is 446 g/mol. The van der Waals surface area contributed by atoms with Crippen LogP contribution in [0.25, 0.3) is 0 Å². The predicted octanol–water partition coefficient (Wildman–Crippen LogP) is 4.29. The lowest BCUT2D eigenvalue weighted by Crippen LogP contribution is -2.19. The fourth-order valence-corrected chi connectivity index (χ4v) is 4.29. The van der Waals surface area contributed by atoms with Gasteiger partial charge in [0.2, 0.25) is 0 Å². The molecule has 0 saturated heterocycles. The minimum Gasteiger partial charge on any atom is -0.308 e. The summed E-state index contributed by atoms with van der Waals surface area (Å²) in [5.41, 5.74) is 1.51. The highest BCUT2D eigenvalue weighted by molar-refractivity contribution is 9.10. The molecule has 0 unspecified atom stereocenters. The predicted molar refractivity (Wildman–Crippen MR) is 108 cm³/mol. The zero-order valence-corrected chi connectivity index (χ0v) is 16.3. The normalized spacial score (nSPS) is 10.9. The Morgan fingerprint density at radius 2 is 1.37 bits per heavy atom. The van der Waals surface area contributed by atoms with Crippen LogP contribution in [0.1, 0.15) is 0 Å². The van der Waals surface area contributed by atoms with Crippen molar-refractivity contribution in [1.29, 1.82) is 0 Å². The summed E-state index contributed by atoms with van der Waals surface area (Å²) in [6, 6.07) is 15.8. The summed E-state index contributed by atoms with van der Waals surface area (Å²) in [4.78, 5) is 16.0. The van der Waals surface area contributed by atoms with Gasteiger partial charge in [0.05, 0.1) is 0 Å². The number of sulfonamides is 1. The van der Waals surface area contributed by atoms with Gasteiger partial charge in [-0.15, -0.1) is 0 Å². The van der Waals surface area contributed by atoms with Crippen molar-refractivity contribution in [3.8, 4) is 0 Å². The van der Waals surface area contributed by atoms with Crippen molar-refractivity contribution < 1.29 is 13.2 Å². The molecule has 3 rings (SSSR count). The second-order valence-corrected chi connectivity index (χ2v) is 7.93. The van der Waals surface area contributed by atoms with Gasteiger partial charge in [-0.3, -0.25) is 9.71 Å². The third kappa shape index (κ3) is 5.05. The maximum absolute atomic E-state index is 12.5. The zero-order valence-electron chi connectivity index (χ0n) is 13.9. The third-order valence-corrected chi connectivity index (χ3v) is 5.85. The molecule has 0 aliphatic carbocycles. The molecule has 0 spiro atoms. The SMILES string of the molecule is O=C(Nc1ccncc1)Nc1ccc(NS(=O)(=O)c2ccccc2Br)cc1. The van der Waals surface area contributed by atoms with Gasteiger partial charge in [-0.25, -0.2) is 13.2 Å². The number of amides is 2.